The Kier molecular flexibility index (Phi) is 6.35. The molecule has 110 valence electrons. The van der Waals surface area contributed by atoms with Crippen molar-refractivity contribution in [1.82, 2.24) is 5.43 Å². The molecule has 20 heavy (non-hydrogen) atoms. The van der Waals surface area contributed by atoms with Crippen LogP contribution in [0.25, 0.3) is 0 Å². The van der Waals surface area contributed by atoms with Crippen molar-refractivity contribution in [2.75, 3.05) is 26.2 Å². The van der Waals surface area contributed by atoms with Gasteiger partial charge in [-0.05, 0) is 20.8 Å². The Labute approximate surface area is 121 Å². The van der Waals surface area contributed by atoms with Crippen LogP contribution in [0.4, 0.5) is 4.79 Å². The summed E-state index contributed by atoms with van der Waals surface area (Å²) in [5.74, 6) is 5.15. The first-order valence-corrected chi connectivity index (χ1v) is 7.09. The Morgan fingerprint density at radius 1 is 1.15 bits per heavy atom. The maximum atomic E-state index is 11.5. The van der Waals surface area contributed by atoms with Gasteiger partial charge in [0, 0.05) is 5.56 Å². The van der Waals surface area contributed by atoms with E-state index in [1.807, 2.05) is 30.3 Å². The van der Waals surface area contributed by atoms with Crippen molar-refractivity contribution in [3.63, 3.8) is 0 Å². The van der Waals surface area contributed by atoms with Crippen molar-refractivity contribution in [2.24, 2.45) is 10.8 Å². The Morgan fingerprint density at radius 3 is 2.15 bits per heavy atom. The first kappa shape index (κ1) is 16.3. The number of benzene rings is 1. The summed E-state index contributed by atoms with van der Waals surface area (Å²) in [6.07, 6.45) is 0. The number of hydrazine groups is 1. The highest BCUT2D eigenvalue weighted by atomic mass is 16.2. The molecule has 0 spiro atoms. The molecule has 0 saturated carbocycles. The third kappa shape index (κ3) is 4.15. The number of likely N-dealkylation sites (N-methyl/N-ethyl adjacent to an activating group) is 1. The zero-order chi connectivity index (χ0) is 15.0. The highest BCUT2D eigenvalue weighted by Gasteiger charge is 2.24. The molecule has 0 aromatic heterocycles. The SMILES string of the molecule is CC[N+](CC)(CC)C/C(=N/C(=O)NN)c1ccccc1. The molecule has 0 unspecified atom stereocenters. The molecule has 0 atom stereocenters. The van der Waals surface area contributed by atoms with Crippen LogP contribution in [0.5, 0.6) is 0 Å². The van der Waals surface area contributed by atoms with Gasteiger partial charge in [-0.2, -0.15) is 4.99 Å². The fourth-order valence-electron chi connectivity index (χ4n) is 2.30. The second kappa shape index (κ2) is 7.77. The van der Waals surface area contributed by atoms with Crippen molar-refractivity contribution in [3.8, 4) is 0 Å². The molecule has 0 aliphatic carbocycles. The maximum Gasteiger partial charge on any atom is 0.355 e. The van der Waals surface area contributed by atoms with Crippen LogP contribution < -0.4 is 11.3 Å². The number of carbonyl (C=O) groups excluding carboxylic acids is 1. The molecule has 0 aliphatic heterocycles. The van der Waals surface area contributed by atoms with Crippen LogP contribution in [-0.2, 0) is 0 Å². The number of urea groups is 1. The molecule has 1 rings (SSSR count). The maximum absolute atomic E-state index is 11.5. The number of hydrogen-bond donors (Lipinski definition) is 2. The van der Waals surface area contributed by atoms with Crippen molar-refractivity contribution >= 4 is 11.7 Å². The first-order chi connectivity index (χ1) is 9.60. The lowest BCUT2D eigenvalue weighted by Crippen LogP contribution is -2.51. The zero-order valence-electron chi connectivity index (χ0n) is 12.6. The van der Waals surface area contributed by atoms with E-state index in [2.05, 4.69) is 31.2 Å². The van der Waals surface area contributed by atoms with Gasteiger partial charge in [-0.15, -0.1) is 0 Å². The average Bonchev–Trinajstić information content (AvgIpc) is 2.52. The first-order valence-electron chi connectivity index (χ1n) is 7.09. The molecule has 3 N–H and O–H groups in total. The van der Waals surface area contributed by atoms with Gasteiger partial charge in [0.15, 0.2) is 0 Å². The van der Waals surface area contributed by atoms with E-state index in [0.717, 1.165) is 41.9 Å². The standard InChI is InChI=1S/C15H24N4O/c1-4-19(5-2,6-3)12-14(17-15(20)18-16)13-10-8-7-9-11-13/h7-11H,4-6,12,16H2,1-3H3/p+1/b17-14-. The largest absolute Gasteiger partial charge is 0.355 e. The quantitative estimate of drug-likeness (QED) is 0.274. The van der Waals surface area contributed by atoms with Gasteiger partial charge in [0.25, 0.3) is 0 Å². The van der Waals surface area contributed by atoms with E-state index < -0.39 is 6.03 Å². The second-order valence-electron chi connectivity index (χ2n) is 4.82. The molecule has 0 fully saturated rings. The van der Waals surface area contributed by atoms with Crippen molar-refractivity contribution in [3.05, 3.63) is 35.9 Å². The summed E-state index contributed by atoms with van der Waals surface area (Å²) >= 11 is 0. The molecular weight excluding hydrogens is 252 g/mol. The molecule has 5 nitrogen and oxygen atoms in total. The highest BCUT2D eigenvalue weighted by molar-refractivity contribution is 6.06. The fourth-order valence-corrected chi connectivity index (χ4v) is 2.30. The van der Waals surface area contributed by atoms with Gasteiger partial charge in [0.05, 0.1) is 19.6 Å². The number of hydrogen-bond acceptors (Lipinski definition) is 2. The van der Waals surface area contributed by atoms with E-state index >= 15 is 0 Å². The number of rotatable bonds is 6. The van der Waals surface area contributed by atoms with Crippen LogP contribution in [0.1, 0.15) is 26.3 Å². The lowest BCUT2D eigenvalue weighted by Gasteiger charge is -2.36. The summed E-state index contributed by atoms with van der Waals surface area (Å²) in [7, 11) is 0. The van der Waals surface area contributed by atoms with Crippen LogP contribution in [0.15, 0.2) is 35.3 Å². The Balaban J connectivity index is 3.13. The van der Waals surface area contributed by atoms with E-state index in [1.54, 1.807) is 0 Å². The molecule has 0 radical (unpaired) electrons. The number of nitrogens with one attached hydrogen (secondary N) is 1. The molecule has 0 heterocycles. The number of nitrogens with zero attached hydrogens (tertiary/aromatic N) is 2. The molecule has 2 amide bonds. The van der Waals surface area contributed by atoms with E-state index in [0.29, 0.717) is 0 Å². The predicted octanol–water partition coefficient (Wildman–Crippen LogP) is 1.94. The second-order valence-corrected chi connectivity index (χ2v) is 4.82. The van der Waals surface area contributed by atoms with Gasteiger partial charge in [-0.3, -0.25) is 5.43 Å². The molecule has 0 aliphatic rings. The normalized spacial score (nSPS) is 12.3. The molecular formula is C15H25N4O+. The summed E-state index contributed by atoms with van der Waals surface area (Å²) in [6.45, 7) is 10.2. The lowest BCUT2D eigenvalue weighted by molar-refractivity contribution is -0.914. The lowest BCUT2D eigenvalue weighted by atomic mass is 10.1. The predicted molar refractivity (Wildman–Crippen MR) is 82.4 cm³/mol. The number of quaternary nitrogens is 1. The summed E-state index contributed by atoms with van der Waals surface area (Å²) in [6, 6.07) is 9.28. The van der Waals surface area contributed by atoms with Gasteiger partial charge in [0.2, 0.25) is 0 Å². The van der Waals surface area contributed by atoms with Crippen LogP contribution in [0, 0.1) is 0 Å². The van der Waals surface area contributed by atoms with E-state index in [1.165, 1.54) is 0 Å². The smallest absolute Gasteiger partial charge is 0.319 e. The van der Waals surface area contributed by atoms with Gasteiger partial charge < -0.3 is 4.48 Å². The minimum atomic E-state index is -0.509. The average molecular weight is 277 g/mol. The molecule has 1 aromatic rings. The number of aliphatic imine (C=N–C) groups is 1. The third-order valence-corrected chi connectivity index (χ3v) is 3.96. The van der Waals surface area contributed by atoms with Crippen LogP contribution in [0.2, 0.25) is 0 Å². The van der Waals surface area contributed by atoms with E-state index in [4.69, 9.17) is 5.84 Å². The van der Waals surface area contributed by atoms with Crippen LogP contribution in [-0.4, -0.2) is 42.4 Å². The Bertz CT molecular complexity index is 444. The van der Waals surface area contributed by atoms with Gasteiger partial charge >= 0.3 is 6.03 Å². The minimum Gasteiger partial charge on any atom is -0.319 e. The summed E-state index contributed by atoms with van der Waals surface area (Å²) in [5.41, 5.74) is 3.82. The number of nitrogens with two attached hydrogens (primary N) is 1. The highest BCUT2D eigenvalue weighted by Crippen LogP contribution is 2.11. The van der Waals surface area contributed by atoms with Gasteiger partial charge in [-0.1, -0.05) is 30.3 Å². The van der Waals surface area contributed by atoms with Crippen molar-refractivity contribution < 1.29 is 9.28 Å². The third-order valence-electron chi connectivity index (χ3n) is 3.96. The number of carbonyl (C=O) groups is 1. The Hall–Kier alpha value is -1.72. The van der Waals surface area contributed by atoms with Crippen LogP contribution in [0.3, 0.4) is 0 Å². The van der Waals surface area contributed by atoms with E-state index in [-0.39, 0.29) is 0 Å². The zero-order valence-corrected chi connectivity index (χ0v) is 12.6. The number of amides is 2. The molecule has 0 saturated heterocycles. The summed E-state index contributed by atoms with van der Waals surface area (Å²) < 4.78 is 0.894. The molecule has 0 bridgehead atoms. The van der Waals surface area contributed by atoms with Gasteiger partial charge in [-0.25, -0.2) is 10.6 Å². The van der Waals surface area contributed by atoms with Crippen molar-refractivity contribution in [1.29, 1.82) is 0 Å². The summed E-state index contributed by atoms with van der Waals surface area (Å²) in [5, 5.41) is 0. The monoisotopic (exact) mass is 277 g/mol. The summed E-state index contributed by atoms with van der Waals surface area (Å²) in [4.78, 5) is 15.6. The molecule has 5 heteroatoms. The topological polar surface area (TPSA) is 67.5 Å². The van der Waals surface area contributed by atoms with E-state index in [9.17, 15) is 4.79 Å². The van der Waals surface area contributed by atoms with Gasteiger partial charge in [0.1, 0.15) is 12.3 Å². The minimum absolute atomic E-state index is 0.509. The molecule has 1 aromatic carbocycles. The fraction of sp³-hybridized carbons (Fsp3) is 0.467. The van der Waals surface area contributed by atoms with Crippen molar-refractivity contribution in [2.45, 2.75) is 20.8 Å². The Morgan fingerprint density at radius 2 is 1.70 bits per heavy atom. The van der Waals surface area contributed by atoms with Crippen LogP contribution >= 0.6 is 0 Å².